The molecule has 0 radical (unpaired) electrons. The van der Waals surface area contributed by atoms with E-state index < -0.39 is 0 Å². The van der Waals surface area contributed by atoms with Gasteiger partial charge in [0.05, 0.1) is 11.2 Å². The Bertz CT molecular complexity index is 453. The van der Waals surface area contributed by atoms with E-state index in [1.807, 2.05) is 24.7 Å². The molecule has 18 heavy (non-hydrogen) atoms. The van der Waals surface area contributed by atoms with Gasteiger partial charge in [0.25, 0.3) is 0 Å². The highest BCUT2D eigenvalue weighted by atomic mass is 32.1. The van der Waals surface area contributed by atoms with E-state index in [2.05, 4.69) is 15.7 Å². The zero-order chi connectivity index (χ0) is 12.8. The summed E-state index contributed by atoms with van der Waals surface area (Å²) in [7, 11) is 1.96. The first-order valence-corrected chi connectivity index (χ1v) is 6.98. The second-order valence-electron chi connectivity index (χ2n) is 4.44. The fourth-order valence-electron chi connectivity index (χ4n) is 2.09. The molecule has 0 amide bonds. The van der Waals surface area contributed by atoms with Crippen molar-refractivity contribution in [1.29, 1.82) is 0 Å². The third kappa shape index (κ3) is 3.89. The van der Waals surface area contributed by atoms with E-state index >= 15 is 0 Å². The number of thiazole rings is 1. The molecule has 1 aromatic heterocycles. The Balaban J connectivity index is 1.99. The highest BCUT2D eigenvalue weighted by Gasteiger charge is 2.11. The van der Waals surface area contributed by atoms with Crippen LogP contribution in [0.1, 0.15) is 11.3 Å². The summed E-state index contributed by atoms with van der Waals surface area (Å²) in [5.41, 5.74) is 4.18. The first-order valence-electron chi connectivity index (χ1n) is 6.04. The van der Waals surface area contributed by atoms with Gasteiger partial charge in [-0.25, -0.2) is 9.37 Å². The van der Waals surface area contributed by atoms with Crippen molar-refractivity contribution in [2.75, 3.05) is 13.6 Å². The van der Waals surface area contributed by atoms with E-state index in [1.54, 1.807) is 11.3 Å². The van der Waals surface area contributed by atoms with E-state index in [0.29, 0.717) is 5.92 Å². The normalized spacial score (nSPS) is 12.6. The van der Waals surface area contributed by atoms with Crippen molar-refractivity contribution in [3.8, 4) is 0 Å². The number of nitrogens with zero attached hydrogens (tertiary/aromatic N) is 1. The van der Waals surface area contributed by atoms with Crippen LogP contribution in [0.2, 0.25) is 0 Å². The van der Waals surface area contributed by atoms with Gasteiger partial charge >= 0.3 is 0 Å². The van der Waals surface area contributed by atoms with Crippen LogP contribution in [0.4, 0.5) is 4.39 Å². The Hall–Kier alpha value is -1.26. The summed E-state index contributed by atoms with van der Waals surface area (Å²) < 4.78 is 12.9. The minimum atomic E-state index is -0.177. The highest BCUT2D eigenvalue weighted by molar-refractivity contribution is 7.07. The number of aromatic nitrogens is 1. The van der Waals surface area contributed by atoms with Gasteiger partial charge in [-0.2, -0.15) is 0 Å². The average molecular weight is 264 g/mol. The highest BCUT2D eigenvalue weighted by Crippen LogP contribution is 2.15. The van der Waals surface area contributed by atoms with Crippen LogP contribution in [0.5, 0.6) is 0 Å². The summed E-state index contributed by atoms with van der Waals surface area (Å²) in [6.07, 6.45) is 1.90. The fraction of sp³-hybridized carbons (Fsp3) is 0.357. The van der Waals surface area contributed by atoms with Crippen molar-refractivity contribution in [2.24, 2.45) is 5.92 Å². The molecular weight excluding hydrogens is 247 g/mol. The molecule has 0 aliphatic rings. The predicted molar refractivity (Wildman–Crippen MR) is 73.3 cm³/mol. The molecule has 0 aliphatic heterocycles. The maximum atomic E-state index is 12.9. The summed E-state index contributed by atoms with van der Waals surface area (Å²) >= 11 is 1.63. The van der Waals surface area contributed by atoms with Crippen molar-refractivity contribution in [3.63, 3.8) is 0 Å². The molecule has 2 aromatic rings. The molecule has 1 N–H and O–H groups in total. The second kappa shape index (κ2) is 6.61. The van der Waals surface area contributed by atoms with Gasteiger partial charge in [-0.05, 0) is 50.0 Å². The summed E-state index contributed by atoms with van der Waals surface area (Å²) in [6, 6.07) is 6.77. The van der Waals surface area contributed by atoms with E-state index in [1.165, 1.54) is 17.7 Å². The van der Waals surface area contributed by atoms with Crippen molar-refractivity contribution in [2.45, 2.75) is 12.8 Å². The Labute approximate surface area is 111 Å². The standard InChI is InChI=1S/C14H17FN2S/c1-16-8-12(7-14-9-18-10-17-14)6-11-2-4-13(15)5-3-11/h2-5,9-10,12,16H,6-8H2,1H3. The maximum absolute atomic E-state index is 12.9. The Morgan fingerprint density at radius 1 is 1.28 bits per heavy atom. The van der Waals surface area contributed by atoms with Crippen LogP contribution in [-0.4, -0.2) is 18.6 Å². The lowest BCUT2D eigenvalue weighted by atomic mass is 9.95. The van der Waals surface area contributed by atoms with E-state index in [-0.39, 0.29) is 5.82 Å². The molecule has 1 unspecified atom stereocenters. The van der Waals surface area contributed by atoms with Crippen LogP contribution in [0, 0.1) is 11.7 Å². The summed E-state index contributed by atoms with van der Waals surface area (Å²) in [5.74, 6) is 0.311. The Morgan fingerprint density at radius 3 is 2.67 bits per heavy atom. The summed E-state index contributed by atoms with van der Waals surface area (Å²) in [6.45, 7) is 0.939. The van der Waals surface area contributed by atoms with Crippen molar-refractivity contribution in [1.82, 2.24) is 10.3 Å². The number of benzene rings is 1. The lowest BCUT2D eigenvalue weighted by molar-refractivity contribution is 0.488. The molecule has 1 aromatic carbocycles. The third-order valence-corrected chi connectivity index (χ3v) is 3.55. The van der Waals surface area contributed by atoms with Crippen LogP contribution in [0.25, 0.3) is 0 Å². The maximum Gasteiger partial charge on any atom is 0.123 e. The molecular formula is C14H17FN2S. The minimum Gasteiger partial charge on any atom is -0.319 e. The van der Waals surface area contributed by atoms with E-state index in [0.717, 1.165) is 25.1 Å². The molecule has 0 saturated carbocycles. The largest absolute Gasteiger partial charge is 0.319 e. The molecule has 0 aliphatic carbocycles. The van der Waals surface area contributed by atoms with Gasteiger partial charge in [-0.15, -0.1) is 11.3 Å². The van der Waals surface area contributed by atoms with E-state index in [4.69, 9.17) is 0 Å². The van der Waals surface area contributed by atoms with Gasteiger partial charge in [0.2, 0.25) is 0 Å². The average Bonchev–Trinajstić information content (AvgIpc) is 2.85. The van der Waals surface area contributed by atoms with Crippen LogP contribution < -0.4 is 5.32 Å². The van der Waals surface area contributed by atoms with Gasteiger partial charge in [-0.1, -0.05) is 12.1 Å². The molecule has 0 fully saturated rings. The SMILES string of the molecule is CNCC(Cc1ccc(F)cc1)Cc1cscn1. The van der Waals surface area contributed by atoms with Crippen molar-refractivity contribution >= 4 is 11.3 Å². The molecule has 1 atom stereocenters. The minimum absolute atomic E-state index is 0.177. The van der Waals surface area contributed by atoms with Crippen molar-refractivity contribution < 1.29 is 4.39 Å². The van der Waals surface area contributed by atoms with Crippen LogP contribution in [0.15, 0.2) is 35.2 Å². The predicted octanol–water partition coefficient (Wildman–Crippen LogP) is 2.90. The first kappa shape index (κ1) is 13.2. The number of hydrogen-bond donors (Lipinski definition) is 1. The zero-order valence-corrected chi connectivity index (χ0v) is 11.2. The monoisotopic (exact) mass is 264 g/mol. The molecule has 1 heterocycles. The number of hydrogen-bond acceptors (Lipinski definition) is 3. The lowest BCUT2D eigenvalue weighted by Crippen LogP contribution is -2.22. The van der Waals surface area contributed by atoms with Gasteiger partial charge in [0.1, 0.15) is 5.82 Å². The lowest BCUT2D eigenvalue weighted by Gasteiger charge is -2.15. The summed E-state index contributed by atoms with van der Waals surface area (Å²) in [5, 5.41) is 5.30. The van der Waals surface area contributed by atoms with Gasteiger partial charge in [0, 0.05) is 5.38 Å². The number of nitrogens with one attached hydrogen (secondary N) is 1. The van der Waals surface area contributed by atoms with Gasteiger partial charge in [0.15, 0.2) is 0 Å². The molecule has 0 saturated heterocycles. The topological polar surface area (TPSA) is 24.9 Å². The zero-order valence-electron chi connectivity index (χ0n) is 10.4. The second-order valence-corrected chi connectivity index (χ2v) is 5.16. The molecule has 2 nitrogen and oxygen atoms in total. The molecule has 0 spiro atoms. The third-order valence-electron chi connectivity index (χ3n) is 2.91. The van der Waals surface area contributed by atoms with Gasteiger partial charge < -0.3 is 5.32 Å². The summed E-state index contributed by atoms with van der Waals surface area (Å²) in [4.78, 5) is 4.32. The molecule has 0 bridgehead atoms. The van der Waals surface area contributed by atoms with Crippen LogP contribution >= 0.6 is 11.3 Å². The quantitative estimate of drug-likeness (QED) is 0.867. The van der Waals surface area contributed by atoms with Crippen molar-refractivity contribution in [3.05, 3.63) is 52.2 Å². The van der Waals surface area contributed by atoms with Crippen LogP contribution in [0.3, 0.4) is 0 Å². The molecule has 96 valence electrons. The smallest absolute Gasteiger partial charge is 0.123 e. The first-order chi connectivity index (χ1) is 8.78. The molecule has 2 rings (SSSR count). The van der Waals surface area contributed by atoms with Gasteiger partial charge in [-0.3, -0.25) is 0 Å². The molecule has 4 heteroatoms. The Morgan fingerprint density at radius 2 is 2.06 bits per heavy atom. The fourth-order valence-corrected chi connectivity index (χ4v) is 2.66. The number of halogens is 1. The number of rotatable bonds is 6. The van der Waals surface area contributed by atoms with Crippen LogP contribution in [-0.2, 0) is 12.8 Å². The van der Waals surface area contributed by atoms with E-state index in [9.17, 15) is 4.39 Å². The Kier molecular flexibility index (Phi) is 4.84.